The Kier molecular flexibility index (Phi) is 4.97. The van der Waals surface area contributed by atoms with Crippen LogP contribution in [-0.2, 0) is 16.6 Å². The van der Waals surface area contributed by atoms with Crippen LogP contribution < -0.4 is 10.2 Å². The highest BCUT2D eigenvalue weighted by Crippen LogP contribution is 2.20. The van der Waals surface area contributed by atoms with Gasteiger partial charge >= 0.3 is 0 Å². The Morgan fingerprint density at radius 3 is 2.82 bits per heavy atom. The van der Waals surface area contributed by atoms with Crippen molar-refractivity contribution in [3.8, 4) is 0 Å². The number of hydrogen-bond acceptors (Lipinski definition) is 4. The summed E-state index contributed by atoms with van der Waals surface area (Å²) in [5.41, 5.74) is 0. The van der Waals surface area contributed by atoms with Crippen molar-refractivity contribution < 1.29 is 9.53 Å². The van der Waals surface area contributed by atoms with Crippen LogP contribution in [0.3, 0.4) is 0 Å². The Morgan fingerprint density at radius 2 is 2.09 bits per heavy atom. The van der Waals surface area contributed by atoms with Gasteiger partial charge in [-0.1, -0.05) is 0 Å². The van der Waals surface area contributed by atoms with Crippen LogP contribution in [0.2, 0.25) is 0 Å². The molecule has 1 aromatic heterocycles. The van der Waals surface area contributed by atoms with E-state index in [0.717, 1.165) is 64.4 Å². The number of imidazole rings is 1. The van der Waals surface area contributed by atoms with Gasteiger partial charge in [0.1, 0.15) is 0 Å². The van der Waals surface area contributed by atoms with Gasteiger partial charge in [0.15, 0.2) is 0 Å². The molecular weight excluding hydrogens is 280 g/mol. The topological polar surface area (TPSA) is 59.4 Å². The average molecular weight is 306 g/mol. The molecule has 0 spiro atoms. The van der Waals surface area contributed by atoms with Gasteiger partial charge in [-0.2, -0.15) is 0 Å². The summed E-state index contributed by atoms with van der Waals surface area (Å²) in [6, 6.07) is 0.299. The molecule has 2 aliphatic heterocycles. The monoisotopic (exact) mass is 306 g/mol. The van der Waals surface area contributed by atoms with E-state index in [1.165, 1.54) is 0 Å². The lowest BCUT2D eigenvalue weighted by atomic mass is 9.98. The van der Waals surface area contributed by atoms with E-state index in [-0.39, 0.29) is 11.8 Å². The Balaban J connectivity index is 1.47. The van der Waals surface area contributed by atoms with Crippen LogP contribution in [0.15, 0.2) is 12.4 Å². The van der Waals surface area contributed by atoms with Gasteiger partial charge in [0.05, 0.1) is 0 Å². The fourth-order valence-electron chi connectivity index (χ4n) is 3.37. The molecule has 1 aromatic rings. The molecular formula is C16H26N4O2. The van der Waals surface area contributed by atoms with Crippen molar-refractivity contribution in [3.05, 3.63) is 12.4 Å². The predicted molar refractivity (Wildman–Crippen MR) is 84.7 cm³/mol. The Labute approximate surface area is 131 Å². The summed E-state index contributed by atoms with van der Waals surface area (Å²) in [5.74, 6) is 1.38. The molecule has 1 atom stereocenters. The second-order valence-corrected chi connectivity index (χ2v) is 6.35. The van der Waals surface area contributed by atoms with E-state index in [1.807, 2.05) is 24.0 Å². The number of amides is 1. The van der Waals surface area contributed by atoms with Crippen LogP contribution in [0.4, 0.5) is 5.95 Å². The van der Waals surface area contributed by atoms with Crippen LogP contribution in [0.5, 0.6) is 0 Å². The van der Waals surface area contributed by atoms with Crippen molar-refractivity contribution >= 4 is 11.9 Å². The van der Waals surface area contributed by atoms with Crippen molar-refractivity contribution in [2.75, 3.05) is 31.2 Å². The number of rotatable bonds is 3. The van der Waals surface area contributed by atoms with E-state index in [2.05, 4.69) is 15.2 Å². The summed E-state index contributed by atoms with van der Waals surface area (Å²) < 4.78 is 7.48. The highest BCUT2D eigenvalue weighted by molar-refractivity contribution is 5.79. The van der Waals surface area contributed by atoms with Crippen molar-refractivity contribution in [1.82, 2.24) is 14.9 Å². The van der Waals surface area contributed by atoms with Crippen molar-refractivity contribution in [1.29, 1.82) is 0 Å². The molecule has 0 saturated carbocycles. The Hall–Kier alpha value is -1.56. The summed E-state index contributed by atoms with van der Waals surface area (Å²) >= 11 is 0. The molecule has 0 radical (unpaired) electrons. The number of hydrogen-bond donors (Lipinski definition) is 1. The molecule has 1 amide bonds. The molecule has 3 rings (SSSR count). The third-order valence-electron chi connectivity index (χ3n) is 4.74. The van der Waals surface area contributed by atoms with Gasteiger partial charge < -0.3 is 19.5 Å². The van der Waals surface area contributed by atoms with E-state index in [1.54, 1.807) is 0 Å². The largest absolute Gasteiger partial charge is 0.381 e. The maximum atomic E-state index is 12.4. The van der Waals surface area contributed by atoms with Crippen LogP contribution in [0.25, 0.3) is 0 Å². The number of carbonyl (C=O) groups excluding carboxylic acids is 1. The lowest BCUT2D eigenvalue weighted by molar-refractivity contribution is -0.126. The first-order valence-corrected chi connectivity index (χ1v) is 8.34. The van der Waals surface area contributed by atoms with E-state index in [0.29, 0.717) is 6.04 Å². The molecule has 0 bridgehead atoms. The van der Waals surface area contributed by atoms with Gasteiger partial charge in [-0.05, 0) is 32.1 Å². The summed E-state index contributed by atoms with van der Waals surface area (Å²) in [7, 11) is 2.02. The Bertz CT molecular complexity index is 486. The first kappa shape index (κ1) is 15.3. The quantitative estimate of drug-likeness (QED) is 0.915. The van der Waals surface area contributed by atoms with Crippen molar-refractivity contribution in [2.24, 2.45) is 13.0 Å². The Morgan fingerprint density at radius 1 is 1.27 bits per heavy atom. The van der Waals surface area contributed by atoms with Gasteiger partial charge in [-0.15, -0.1) is 0 Å². The summed E-state index contributed by atoms with van der Waals surface area (Å²) in [6.07, 6.45) is 8.59. The molecule has 6 nitrogen and oxygen atoms in total. The van der Waals surface area contributed by atoms with E-state index < -0.39 is 0 Å². The lowest BCUT2D eigenvalue weighted by Crippen LogP contribution is -2.47. The number of carbonyl (C=O) groups is 1. The molecule has 3 heterocycles. The molecule has 0 aromatic carbocycles. The highest BCUT2D eigenvalue weighted by Gasteiger charge is 2.26. The molecule has 6 heteroatoms. The van der Waals surface area contributed by atoms with Crippen molar-refractivity contribution in [2.45, 2.75) is 38.1 Å². The van der Waals surface area contributed by atoms with Crippen LogP contribution in [0, 0.1) is 5.92 Å². The number of piperidine rings is 1. The van der Waals surface area contributed by atoms with Gasteiger partial charge in [0, 0.05) is 57.7 Å². The third-order valence-corrected chi connectivity index (χ3v) is 4.74. The number of aryl methyl sites for hydroxylation is 1. The van der Waals surface area contributed by atoms with Crippen LogP contribution >= 0.6 is 0 Å². The van der Waals surface area contributed by atoms with Gasteiger partial charge in [0.2, 0.25) is 11.9 Å². The number of nitrogens with zero attached hydrogens (tertiary/aromatic N) is 3. The summed E-state index contributed by atoms with van der Waals surface area (Å²) in [4.78, 5) is 19.1. The summed E-state index contributed by atoms with van der Waals surface area (Å²) in [6.45, 7) is 3.41. The second kappa shape index (κ2) is 7.13. The zero-order valence-electron chi connectivity index (χ0n) is 13.3. The number of ether oxygens (including phenoxy) is 1. The smallest absolute Gasteiger partial charge is 0.223 e. The third kappa shape index (κ3) is 3.61. The van der Waals surface area contributed by atoms with E-state index >= 15 is 0 Å². The average Bonchev–Trinajstić information content (AvgIpc) is 2.78. The highest BCUT2D eigenvalue weighted by atomic mass is 16.5. The maximum absolute atomic E-state index is 12.4. The first-order valence-electron chi connectivity index (χ1n) is 8.34. The molecule has 1 unspecified atom stereocenters. The fourth-order valence-corrected chi connectivity index (χ4v) is 3.37. The molecule has 2 aliphatic rings. The zero-order chi connectivity index (χ0) is 15.4. The number of nitrogens with one attached hydrogen (secondary N) is 1. The SMILES string of the molecule is Cn1ccnc1N1CCC(NC(=O)C2CCCOCC2)CC1. The standard InChI is InChI=1S/C16H26N4O2/c1-19-10-7-17-16(19)20-8-4-14(5-9-20)18-15(21)13-3-2-11-22-12-6-13/h7,10,13-14H,2-6,8-9,11-12H2,1H3,(H,18,21). The minimum atomic E-state index is 0.134. The molecule has 2 fully saturated rings. The first-order chi connectivity index (χ1) is 10.7. The minimum absolute atomic E-state index is 0.134. The molecule has 122 valence electrons. The van der Waals surface area contributed by atoms with E-state index in [9.17, 15) is 4.79 Å². The molecule has 22 heavy (non-hydrogen) atoms. The predicted octanol–water partition coefficient (Wildman–Crippen LogP) is 1.32. The fraction of sp³-hybridized carbons (Fsp3) is 0.750. The van der Waals surface area contributed by atoms with E-state index in [4.69, 9.17) is 4.74 Å². The maximum Gasteiger partial charge on any atom is 0.223 e. The number of anilines is 1. The van der Waals surface area contributed by atoms with Crippen LogP contribution in [0.1, 0.15) is 32.1 Å². The van der Waals surface area contributed by atoms with Gasteiger partial charge in [0.25, 0.3) is 0 Å². The summed E-state index contributed by atoms with van der Waals surface area (Å²) in [5, 5.41) is 3.25. The molecule has 1 N–H and O–H groups in total. The normalized spacial score (nSPS) is 24.0. The zero-order valence-corrected chi connectivity index (χ0v) is 13.3. The van der Waals surface area contributed by atoms with Crippen molar-refractivity contribution in [3.63, 3.8) is 0 Å². The van der Waals surface area contributed by atoms with Gasteiger partial charge in [-0.3, -0.25) is 4.79 Å². The lowest BCUT2D eigenvalue weighted by Gasteiger charge is -2.33. The molecule has 2 saturated heterocycles. The van der Waals surface area contributed by atoms with Crippen LogP contribution in [-0.4, -0.2) is 47.8 Å². The number of aromatic nitrogens is 2. The second-order valence-electron chi connectivity index (χ2n) is 6.35. The van der Waals surface area contributed by atoms with Gasteiger partial charge in [-0.25, -0.2) is 4.98 Å². The molecule has 0 aliphatic carbocycles. The minimum Gasteiger partial charge on any atom is -0.381 e.